The first-order chi connectivity index (χ1) is 8.49. The van der Waals surface area contributed by atoms with Gasteiger partial charge in [0.2, 0.25) is 5.91 Å². The third kappa shape index (κ3) is 2.90. The highest BCUT2D eigenvalue weighted by Gasteiger charge is 2.37. The first-order valence-corrected chi connectivity index (χ1v) is 6.49. The van der Waals surface area contributed by atoms with Crippen molar-refractivity contribution in [3.63, 3.8) is 0 Å². The summed E-state index contributed by atoms with van der Waals surface area (Å²) >= 11 is 0. The smallest absolute Gasteiger partial charge is 0.240 e. The van der Waals surface area contributed by atoms with Crippen molar-refractivity contribution in [2.24, 2.45) is 11.7 Å². The molecule has 5 heteroatoms. The fourth-order valence-corrected chi connectivity index (χ4v) is 2.64. The Hall–Kier alpha value is -1.36. The largest absolute Gasteiger partial charge is 0.359 e. The highest BCUT2D eigenvalue weighted by Crippen LogP contribution is 2.30. The van der Waals surface area contributed by atoms with Gasteiger partial charge in [0.25, 0.3) is 0 Å². The summed E-state index contributed by atoms with van der Waals surface area (Å²) in [5.74, 6) is 1.10. The highest BCUT2D eigenvalue weighted by atomic mass is 16.5. The van der Waals surface area contributed by atoms with Crippen molar-refractivity contribution in [3.8, 4) is 0 Å². The average Bonchev–Trinajstić information content (AvgIpc) is 2.71. The van der Waals surface area contributed by atoms with Crippen molar-refractivity contribution in [2.45, 2.75) is 51.6 Å². The van der Waals surface area contributed by atoms with E-state index in [-0.39, 0.29) is 5.91 Å². The molecule has 18 heavy (non-hydrogen) atoms. The molecular formula is C13H21N3O2. The Labute approximate surface area is 107 Å². The summed E-state index contributed by atoms with van der Waals surface area (Å²) in [5, 5.41) is 6.62. The minimum absolute atomic E-state index is 0.0805. The third-order valence-electron chi connectivity index (χ3n) is 3.58. The summed E-state index contributed by atoms with van der Waals surface area (Å²) in [6.07, 6.45) is 3.70. The molecule has 0 aromatic carbocycles. The average molecular weight is 251 g/mol. The van der Waals surface area contributed by atoms with Gasteiger partial charge in [0.1, 0.15) is 0 Å². The van der Waals surface area contributed by atoms with Crippen LogP contribution in [0.15, 0.2) is 10.6 Å². The molecule has 5 nitrogen and oxygen atoms in total. The summed E-state index contributed by atoms with van der Waals surface area (Å²) in [4.78, 5) is 12.1. The molecule has 100 valence electrons. The van der Waals surface area contributed by atoms with E-state index in [1.807, 2.05) is 13.0 Å². The van der Waals surface area contributed by atoms with Crippen LogP contribution >= 0.6 is 0 Å². The molecule has 1 fully saturated rings. The number of nitrogens with two attached hydrogens (primary N) is 1. The van der Waals surface area contributed by atoms with Crippen molar-refractivity contribution < 1.29 is 9.32 Å². The fraction of sp³-hybridized carbons (Fsp3) is 0.692. The summed E-state index contributed by atoms with van der Waals surface area (Å²) in [6, 6.07) is 1.81. The Morgan fingerprint density at radius 2 is 2.50 bits per heavy atom. The number of nitrogens with one attached hydrogen (secondary N) is 1. The number of rotatable bonds is 3. The maximum Gasteiger partial charge on any atom is 0.240 e. The van der Waals surface area contributed by atoms with E-state index < -0.39 is 5.54 Å². The van der Waals surface area contributed by atoms with Crippen molar-refractivity contribution in [1.29, 1.82) is 0 Å². The van der Waals surface area contributed by atoms with Crippen molar-refractivity contribution in [1.82, 2.24) is 10.5 Å². The number of nitrogens with zero attached hydrogens (tertiary/aromatic N) is 1. The summed E-state index contributed by atoms with van der Waals surface area (Å²) in [7, 11) is 0. The van der Waals surface area contributed by atoms with E-state index in [0.29, 0.717) is 18.2 Å². The first-order valence-electron chi connectivity index (χ1n) is 6.49. The SMILES string of the molecule is Cc1cc(CNC(=O)C2(N)CCCC(C)C2)on1. The molecular weight excluding hydrogens is 230 g/mol. The van der Waals surface area contributed by atoms with Gasteiger partial charge < -0.3 is 15.6 Å². The molecule has 1 heterocycles. The van der Waals surface area contributed by atoms with Crippen LogP contribution in [0.5, 0.6) is 0 Å². The fourth-order valence-electron chi connectivity index (χ4n) is 2.64. The van der Waals surface area contributed by atoms with E-state index in [1.54, 1.807) is 0 Å². The van der Waals surface area contributed by atoms with Crippen LogP contribution in [-0.4, -0.2) is 16.6 Å². The number of carbonyl (C=O) groups is 1. The zero-order valence-corrected chi connectivity index (χ0v) is 11.0. The zero-order chi connectivity index (χ0) is 13.2. The van der Waals surface area contributed by atoms with Gasteiger partial charge in [-0.05, 0) is 25.7 Å². The molecule has 2 atom stereocenters. The monoisotopic (exact) mass is 251 g/mol. The zero-order valence-electron chi connectivity index (χ0n) is 11.0. The van der Waals surface area contributed by atoms with Crippen LogP contribution in [-0.2, 0) is 11.3 Å². The molecule has 0 radical (unpaired) electrons. The number of hydrogen-bond donors (Lipinski definition) is 2. The van der Waals surface area contributed by atoms with Crippen molar-refractivity contribution >= 4 is 5.91 Å². The second kappa shape index (κ2) is 5.10. The van der Waals surface area contributed by atoms with Gasteiger partial charge in [0.15, 0.2) is 5.76 Å². The van der Waals surface area contributed by atoms with E-state index >= 15 is 0 Å². The predicted octanol–water partition coefficient (Wildman–Crippen LogP) is 1.51. The minimum Gasteiger partial charge on any atom is -0.359 e. The molecule has 1 aliphatic rings. The van der Waals surface area contributed by atoms with Gasteiger partial charge >= 0.3 is 0 Å². The lowest BCUT2D eigenvalue weighted by molar-refractivity contribution is -0.128. The number of hydrogen-bond acceptors (Lipinski definition) is 4. The van der Waals surface area contributed by atoms with E-state index in [4.69, 9.17) is 10.3 Å². The summed E-state index contributed by atoms with van der Waals surface area (Å²) < 4.78 is 5.05. The molecule has 2 unspecified atom stereocenters. The molecule has 2 rings (SSSR count). The number of amides is 1. The maximum atomic E-state index is 12.1. The lowest BCUT2D eigenvalue weighted by Crippen LogP contribution is -2.56. The van der Waals surface area contributed by atoms with Crippen LogP contribution in [0.3, 0.4) is 0 Å². The van der Waals surface area contributed by atoms with Gasteiger partial charge in [-0.1, -0.05) is 24.9 Å². The Bertz CT molecular complexity index is 430. The third-order valence-corrected chi connectivity index (χ3v) is 3.58. The summed E-state index contributed by atoms with van der Waals surface area (Å²) in [6.45, 7) is 4.35. The van der Waals surface area contributed by atoms with Gasteiger partial charge in [0.05, 0.1) is 17.8 Å². The second-order valence-electron chi connectivity index (χ2n) is 5.47. The molecule has 0 spiro atoms. The lowest BCUT2D eigenvalue weighted by atomic mass is 9.76. The molecule has 0 aliphatic heterocycles. The second-order valence-corrected chi connectivity index (χ2v) is 5.47. The highest BCUT2D eigenvalue weighted by molar-refractivity contribution is 5.86. The summed E-state index contributed by atoms with van der Waals surface area (Å²) in [5.41, 5.74) is 6.30. The van der Waals surface area contributed by atoms with Gasteiger partial charge in [-0.2, -0.15) is 0 Å². The van der Waals surface area contributed by atoms with Crippen molar-refractivity contribution in [3.05, 3.63) is 17.5 Å². The predicted molar refractivity (Wildman–Crippen MR) is 67.6 cm³/mol. The van der Waals surface area contributed by atoms with Crippen LogP contribution < -0.4 is 11.1 Å². The molecule has 1 saturated carbocycles. The Morgan fingerprint density at radius 1 is 1.72 bits per heavy atom. The molecule has 0 bridgehead atoms. The van der Waals surface area contributed by atoms with E-state index in [0.717, 1.165) is 31.4 Å². The molecule has 3 N–H and O–H groups in total. The number of aryl methyl sites for hydroxylation is 1. The Balaban J connectivity index is 1.91. The van der Waals surface area contributed by atoms with Crippen LogP contribution in [0.2, 0.25) is 0 Å². The Morgan fingerprint density at radius 3 is 3.11 bits per heavy atom. The molecule has 0 saturated heterocycles. The van der Waals surface area contributed by atoms with Gasteiger partial charge in [-0.15, -0.1) is 0 Å². The van der Waals surface area contributed by atoms with Crippen LogP contribution in [0.25, 0.3) is 0 Å². The number of carbonyl (C=O) groups excluding carboxylic acids is 1. The Kier molecular flexibility index (Phi) is 3.71. The molecule has 1 aromatic heterocycles. The normalized spacial score (nSPS) is 28.1. The van der Waals surface area contributed by atoms with E-state index in [2.05, 4.69) is 17.4 Å². The topological polar surface area (TPSA) is 81.2 Å². The van der Waals surface area contributed by atoms with Gasteiger partial charge in [-0.25, -0.2) is 0 Å². The quantitative estimate of drug-likeness (QED) is 0.853. The van der Waals surface area contributed by atoms with Crippen LogP contribution in [0.4, 0.5) is 0 Å². The maximum absolute atomic E-state index is 12.1. The molecule has 1 aliphatic carbocycles. The molecule has 1 aromatic rings. The lowest BCUT2D eigenvalue weighted by Gasteiger charge is -2.35. The first kappa shape index (κ1) is 13.1. The van der Waals surface area contributed by atoms with E-state index in [1.165, 1.54) is 0 Å². The van der Waals surface area contributed by atoms with E-state index in [9.17, 15) is 4.79 Å². The van der Waals surface area contributed by atoms with Crippen LogP contribution in [0.1, 0.15) is 44.1 Å². The molecule has 1 amide bonds. The van der Waals surface area contributed by atoms with Gasteiger partial charge in [0, 0.05) is 6.07 Å². The number of aromatic nitrogens is 1. The van der Waals surface area contributed by atoms with Crippen LogP contribution in [0, 0.1) is 12.8 Å². The van der Waals surface area contributed by atoms with Crippen molar-refractivity contribution in [2.75, 3.05) is 0 Å². The van der Waals surface area contributed by atoms with Gasteiger partial charge in [-0.3, -0.25) is 4.79 Å². The standard InChI is InChI=1S/C13H21N3O2/c1-9-4-3-5-13(14,7-9)12(17)15-8-11-6-10(2)16-18-11/h6,9H,3-5,7-8,14H2,1-2H3,(H,15,17). The minimum atomic E-state index is -0.716.